The van der Waals surface area contributed by atoms with Crippen LogP contribution in [0.2, 0.25) is 0 Å². The summed E-state index contributed by atoms with van der Waals surface area (Å²) in [6, 6.07) is 11.5. The molecule has 0 spiro atoms. The van der Waals surface area contributed by atoms with E-state index in [1.54, 1.807) is 18.2 Å². The predicted molar refractivity (Wildman–Crippen MR) is 146 cm³/mol. The summed E-state index contributed by atoms with van der Waals surface area (Å²) in [5.74, 6) is -13.6. The highest BCUT2D eigenvalue weighted by molar-refractivity contribution is 5.74. The SMILES string of the molecule is CCOc1cc(C2C(C#N)=C(N)Oc3cc(OC(=O)COc4c(F)c(F)c(F)c(F)c4F)ccc32)ccc1OCCC(C)C. The van der Waals surface area contributed by atoms with Crippen molar-refractivity contribution in [3.8, 4) is 34.8 Å². The van der Waals surface area contributed by atoms with E-state index >= 15 is 0 Å². The molecule has 0 radical (unpaired) electrons. The van der Waals surface area contributed by atoms with Gasteiger partial charge >= 0.3 is 5.97 Å². The van der Waals surface area contributed by atoms with E-state index in [1.165, 1.54) is 18.2 Å². The summed E-state index contributed by atoms with van der Waals surface area (Å²) in [6.07, 6.45) is 0.842. The molecule has 0 aromatic heterocycles. The van der Waals surface area contributed by atoms with E-state index in [-0.39, 0.29) is 23.0 Å². The van der Waals surface area contributed by atoms with Crippen LogP contribution in [0.1, 0.15) is 44.2 Å². The van der Waals surface area contributed by atoms with Gasteiger partial charge in [-0.25, -0.2) is 18.0 Å². The van der Waals surface area contributed by atoms with Gasteiger partial charge in [-0.3, -0.25) is 0 Å². The Bertz CT molecular complexity index is 1620. The summed E-state index contributed by atoms with van der Waals surface area (Å²) in [4.78, 5) is 12.3. The summed E-state index contributed by atoms with van der Waals surface area (Å²) >= 11 is 0. The monoisotopic (exact) mass is 618 g/mol. The van der Waals surface area contributed by atoms with E-state index in [2.05, 4.69) is 24.7 Å². The molecule has 1 unspecified atom stereocenters. The van der Waals surface area contributed by atoms with Gasteiger partial charge < -0.3 is 29.4 Å². The van der Waals surface area contributed by atoms with Gasteiger partial charge in [-0.2, -0.15) is 14.0 Å². The number of hydrogen-bond donors (Lipinski definition) is 1. The van der Waals surface area contributed by atoms with E-state index in [9.17, 15) is 32.0 Å². The summed E-state index contributed by atoms with van der Waals surface area (Å²) in [5.41, 5.74) is 7.32. The van der Waals surface area contributed by atoms with Crippen molar-refractivity contribution in [2.75, 3.05) is 19.8 Å². The number of nitrogens with two attached hydrogens (primary N) is 1. The van der Waals surface area contributed by atoms with Crippen molar-refractivity contribution in [1.29, 1.82) is 5.26 Å². The van der Waals surface area contributed by atoms with Crippen LogP contribution in [-0.2, 0) is 4.79 Å². The summed E-state index contributed by atoms with van der Waals surface area (Å²) in [6.45, 7) is 5.65. The van der Waals surface area contributed by atoms with E-state index in [0.717, 1.165) is 6.42 Å². The fourth-order valence-electron chi connectivity index (χ4n) is 4.34. The van der Waals surface area contributed by atoms with Crippen LogP contribution in [0.15, 0.2) is 47.9 Å². The van der Waals surface area contributed by atoms with E-state index in [0.29, 0.717) is 41.8 Å². The lowest BCUT2D eigenvalue weighted by atomic mass is 9.83. The number of carbonyl (C=O) groups is 1. The lowest BCUT2D eigenvalue weighted by Crippen LogP contribution is -2.22. The zero-order chi connectivity index (χ0) is 32.1. The highest BCUT2D eigenvalue weighted by Gasteiger charge is 2.32. The second-order valence-corrected chi connectivity index (χ2v) is 9.96. The quantitative estimate of drug-likeness (QED) is 0.0863. The summed E-state index contributed by atoms with van der Waals surface area (Å²) < 4.78 is 94.7. The normalized spacial score (nSPS) is 14.0. The number of benzene rings is 3. The standard InChI is InChI=1S/C31H27F5N2O6/c1-4-40-22-11-16(5-8-20(22)41-10-9-15(2)3)24-18-7-6-17(12-21(18)44-31(38)19(24)13-37)43-23(39)14-42-30-28(35)26(33)25(32)27(34)29(30)36/h5-8,11-12,15,24H,4,9-10,14,38H2,1-3H3. The second-order valence-electron chi connectivity index (χ2n) is 9.96. The lowest BCUT2D eigenvalue weighted by Gasteiger charge is -2.27. The molecule has 0 fully saturated rings. The maximum atomic E-state index is 13.8. The molecule has 0 bridgehead atoms. The number of esters is 1. The second kappa shape index (κ2) is 13.5. The van der Waals surface area contributed by atoms with Crippen molar-refractivity contribution in [1.82, 2.24) is 0 Å². The number of halogens is 5. The van der Waals surface area contributed by atoms with Gasteiger partial charge in [-0.1, -0.05) is 26.0 Å². The van der Waals surface area contributed by atoms with Crippen molar-refractivity contribution in [3.05, 3.63) is 88.1 Å². The minimum Gasteiger partial charge on any atom is -0.490 e. The Balaban J connectivity index is 1.57. The van der Waals surface area contributed by atoms with Gasteiger partial charge in [-0.15, -0.1) is 0 Å². The Morgan fingerprint density at radius 1 is 0.955 bits per heavy atom. The summed E-state index contributed by atoms with van der Waals surface area (Å²) in [5, 5.41) is 9.90. The number of fused-ring (bicyclic) bond motifs is 1. The molecule has 8 nitrogen and oxygen atoms in total. The Morgan fingerprint density at radius 3 is 2.27 bits per heavy atom. The van der Waals surface area contributed by atoms with Crippen molar-refractivity contribution < 1.29 is 50.4 Å². The first kappa shape index (κ1) is 31.9. The molecule has 1 heterocycles. The largest absolute Gasteiger partial charge is 0.490 e. The van der Waals surface area contributed by atoms with E-state index < -0.39 is 53.3 Å². The molecule has 1 aliphatic heterocycles. The molecule has 1 aliphatic rings. The van der Waals surface area contributed by atoms with Crippen LogP contribution in [0.25, 0.3) is 0 Å². The van der Waals surface area contributed by atoms with E-state index in [1.807, 2.05) is 6.92 Å². The van der Waals surface area contributed by atoms with Crippen molar-refractivity contribution in [3.63, 3.8) is 0 Å². The molecule has 3 aromatic carbocycles. The van der Waals surface area contributed by atoms with Crippen molar-refractivity contribution >= 4 is 5.97 Å². The molecule has 4 rings (SSSR count). The zero-order valence-electron chi connectivity index (χ0n) is 23.8. The smallest absolute Gasteiger partial charge is 0.349 e. The Hall–Kier alpha value is -4.99. The Morgan fingerprint density at radius 2 is 1.64 bits per heavy atom. The molecule has 13 heteroatoms. The van der Waals surface area contributed by atoms with Gasteiger partial charge in [0.05, 0.1) is 19.1 Å². The van der Waals surface area contributed by atoms with Crippen molar-refractivity contribution in [2.45, 2.75) is 33.1 Å². The maximum Gasteiger partial charge on any atom is 0.349 e. The van der Waals surface area contributed by atoms with Gasteiger partial charge in [0.25, 0.3) is 0 Å². The highest BCUT2D eigenvalue weighted by Crippen LogP contribution is 2.45. The first-order valence-electron chi connectivity index (χ1n) is 13.4. The average molecular weight is 619 g/mol. The van der Waals surface area contributed by atoms with E-state index in [4.69, 9.17) is 24.7 Å². The molecule has 0 amide bonds. The minimum absolute atomic E-state index is 0.120. The van der Waals surface area contributed by atoms with Crippen LogP contribution in [0.3, 0.4) is 0 Å². The van der Waals surface area contributed by atoms with Crippen LogP contribution in [0.5, 0.6) is 28.7 Å². The molecule has 0 saturated heterocycles. The molecule has 3 aromatic rings. The molecule has 2 N–H and O–H groups in total. The van der Waals surface area contributed by atoms with Crippen molar-refractivity contribution in [2.24, 2.45) is 11.7 Å². The maximum absolute atomic E-state index is 13.8. The molecular formula is C31H27F5N2O6. The van der Waals surface area contributed by atoms with Crippen LogP contribution in [0, 0.1) is 46.3 Å². The number of carbonyl (C=O) groups excluding carboxylic acids is 1. The van der Waals surface area contributed by atoms with Gasteiger partial charge in [0.15, 0.2) is 23.9 Å². The van der Waals surface area contributed by atoms with Gasteiger partial charge in [0.1, 0.15) is 23.1 Å². The first-order valence-corrected chi connectivity index (χ1v) is 13.4. The number of nitriles is 1. The first-order chi connectivity index (χ1) is 21.0. The highest BCUT2D eigenvalue weighted by atomic mass is 19.2. The predicted octanol–water partition coefficient (Wildman–Crippen LogP) is 6.41. The lowest BCUT2D eigenvalue weighted by molar-refractivity contribution is -0.136. The fraction of sp³-hybridized carbons (Fsp3) is 0.290. The van der Waals surface area contributed by atoms with Crippen LogP contribution < -0.4 is 29.4 Å². The molecule has 0 saturated carbocycles. The molecule has 0 aliphatic carbocycles. The Labute approximate surface area is 249 Å². The topological polar surface area (TPSA) is 113 Å². The fourth-order valence-corrected chi connectivity index (χ4v) is 4.34. The third kappa shape index (κ3) is 6.64. The summed E-state index contributed by atoms with van der Waals surface area (Å²) in [7, 11) is 0. The van der Waals surface area contributed by atoms with Crippen LogP contribution >= 0.6 is 0 Å². The molecular weight excluding hydrogens is 591 g/mol. The van der Waals surface area contributed by atoms with Gasteiger partial charge in [0, 0.05) is 11.6 Å². The molecule has 1 atom stereocenters. The molecule has 232 valence electrons. The van der Waals surface area contributed by atoms with Crippen LogP contribution in [0.4, 0.5) is 22.0 Å². The number of allylic oxidation sites excluding steroid dienone is 1. The van der Waals surface area contributed by atoms with Gasteiger partial charge in [-0.05, 0) is 43.0 Å². The number of ether oxygens (including phenoxy) is 5. The van der Waals surface area contributed by atoms with Gasteiger partial charge in [0.2, 0.25) is 35.0 Å². The minimum atomic E-state index is -2.37. The average Bonchev–Trinajstić information content (AvgIpc) is 2.99. The third-order valence-electron chi connectivity index (χ3n) is 6.48. The molecule has 44 heavy (non-hydrogen) atoms. The number of nitrogens with zero attached hydrogens (tertiary/aromatic N) is 1. The third-order valence-corrected chi connectivity index (χ3v) is 6.48. The zero-order valence-corrected chi connectivity index (χ0v) is 23.8. The number of hydrogen-bond acceptors (Lipinski definition) is 8. The number of rotatable bonds is 11. The Kier molecular flexibility index (Phi) is 9.83. The van der Waals surface area contributed by atoms with Crippen LogP contribution in [-0.4, -0.2) is 25.8 Å².